The van der Waals surface area contributed by atoms with Crippen LogP contribution in [0.2, 0.25) is 10.0 Å². The van der Waals surface area contributed by atoms with Gasteiger partial charge >= 0.3 is 0 Å². The third-order valence-electron chi connectivity index (χ3n) is 4.44. The summed E-state index contributed by atoms with van der Waals surface area (Å²) in [7, 11) is 0. The summed E-state index contributed by atoms with van der Waals surface area (Å²) in [5.41, 5.74) is 1.63. The van der Waals surface area contributed by atoms with Gasteiger partial charge in [-0.1, -0.05) is 58.7 Å². The molecule has 5 nitrogen and oxygen atoms in total. The highest BCUT2D eigenvalue weighted by Crippen LogP contribution is 2.32. The molecule has 2 heterocycles. The molecule has 1 unspecified atom stereocenters. The molecule has 1 fully saturated rings. The summed E-state index contributed by atoms with van der Waals surface area (Å²) < 4.78 is 5.40. The van der Waals surface area contributed by atoms with Crippen molar-refractivity contribution >= 4 is 29.1 Å². The monoisotopic (exact) mass is 387 g/mol. The molecule has 26 heavy (non-hydrogen) atoms. The third-order valence-corrected chi connectivity index (χ3v) is 5.14. The smallest absolute Gasteiger partial charge is 0.232 e. The minimum atomic E-state index is -0.131. The van der Waals surface area contributed by atoms with Crippen molar-refractivity contribution in [2.75, 3.05) is 6.54 Å². The number of carbonyl (C=O) groups is 1. The summed E-state index contributed by atoms with van der Waals surface area (Å²) in [4.78, 5) is 18.6. The van der Waals surface area contributed by atoms with Gasteiger partial charge in [0.15, 0.2) is 0 Å². The second kappa shape index (κ2) is 7.09. The normalized spacial score (nSPS) is 17.1. The van der Waals surface area contributed by atoms with Crippen LogP contribution < -0.4 is 0 Å². The first kappa shape index (κ1) is 17.1. The minimum Gasteiger partial charge on any atom is -0.339 e. The van der Waals surface area contributed by atoms with Crippen molar-refractivity contribution in [1.29, 1.82) is 0 Å². The number of hydrogen-bond acceptors (Lipinski definition) is 4. The Kier molecular flexibility index (Phi) is 4.66. The standard InChI is InChI=1S/C19H15Cl2N3O2/c20-15-7-3-1-5-12(15)10-24-11-13(9-17(24)25)19-22-18(23-26-19)14-6-2-4-8-16(14)21/h1-8,13H,9-11H2. The molecule has 4 rings (SSSR count). The summed E-state index contributed by atoms with van der Waals surface area (Å²) in [6.07, 6.45) is 0.342. The van der Waals surface area contributed by atoms with Gasteiger partial charge in [0, 0.05) is 30.1 Å². The Bertz CT molecular complexity index is 957. The van der Waals surface area contributed by atoms with E-state index in [1.54, 1.807) is 11.0 Å². The van der Waals surface area contributed by atoms with Crippen molar-refractivity contribution in [2.45, 2.75) is 18.9 Å². The van der Waals surface area contributed by atoms with Gasteiger partial charge in [0.05, 0.1) is 10.9 Å². The van der Waals surface area contributed by atoms with Crippen LogP contribution in [0.1, 0.15) is 23.8 Å². The molecule has 1 aliphatic rings. The topological polar surface area (TPSA) is 59.2 Å². The summed E-state index contributed by atoms with van der Waals surface area (Å²) in [6.45, 7) is 0.995. The van der Waals surface area contributed by atoms with Gasteiger partial charge in [-0.05, 0) is 23.8 Å². The Hall–Kier alpha value is -2.37. The number of aromatic nitrogens is 2. The van der Waals surface area contributed by atoms with Gasteiger partial charge in [-0.3, -0.25) is 4.79 Å². The van der Waals surface area contributed by atoms with Crippen LogP contribution in [0.3, 0.4) is 0 Å². The quantitative estimate of drug-likeness (QED) is 0.658. The molecule has 2 aromatic carbocycles. The molecule has 132 valence electrons. The highest BCUT2D eigenvalue weighted by atomic mass is 35.5. The number of benzene rings is 2. The van der Waals surface area contributed by atoms with E-state index in [1.807, 2.05) is 42.5 Å². The number of amides is 1. The predicted molar refractivity (Wildman–Crippen MR) is 99.0 cm³/mol. The number of hydrogen-bond donors (Lipinski definition) is 0. The van der Waals surface area contributed by atoms with Crippen molar-refractivity contribution in [1.82, 2.24) is 15.0 Å². The van der Waals surface area contributed by atoms with Gasteiger partial charge in [-0.2, -0.15) is 4.98 Å². The van der Waals surface area contributed by atoms with E-state index >= 15 is 0 Å². The first-order valence-electron chi connectivity index (χ1n) is 8.21. The summed E-state index contributed by atoms with van der Waals surface area (Å²) in [5, 5.41) is 5.23. The van der Waals surface area contributed by atoms with Gasteiger partial charge in [-0.15, -0.1) is 0 Å². The Morgan fingerprint density at radius 1 is 1.08 bits per heavy atom. The Balaban J connectivity index is 1.51. The molecule has 1 aromatic heterocycles. The van der Waals surface area contributed by atoms with E-state index in [0.717, 1.165) is 5.56 Å². The first-order chi connectivity index (χ1) is 12.6. The average Bonchev–Trinajstić information content (AvgIpc) is 3.25. The lowest BCUT2D eigenvalue weighted by Crippen LogP contribution is -2.24. The molecule has 3 aromatic rings. The highest BCUT2D eigenvalue weighted by Gasteiger charge is 2.34. The van der Waals surface area contributed by atoms with E-state index in [0.29, 0.717) is 46.8 Å². The van der Waals surface area contributed by atoms with E-state index < -0.39 is 0 Å². The van der Waals surface area contributed by atoms with Gasteiger partial charge in [0.25, 0.3) is 0 Å². The molecular weight excluding hydrogens is 373 g/mol. The SMILES string of the molecule is O=C1CC(c2nc(-c3ccccc3Cl)no2)CN1Cc1ccccc1Cl. The number of likely N-dealkylation sites (tertiary alicyclic amines) is 1. The summed E-state index contributed by atoms with van der Waals surface area (Å²) >= 11 is 12.4. The summed E-state index contributed by atoms with van der Waals surface area (Å²) in [5.74, 6) is 0.804. The number of carbonyl (C=O) groups excluding carboxylic acids is 1. The molecule has 7 heteroatoms. The van der Waals surface area contributed by atoms with Crippen molar-refractivity contribution in [2.24, 2.45) is 0 Å². The number of nitrogens with zero attached hydrogens (tertiary/aromatic N) is 3. The lowest BCUT2D eigenvalue weighted by Gasteiger charge is -2.16. The maximum atomic E-state index is 12.4. The Labute approximate surface area is 160 Å². The predicted octanol–water partition coefficient (Wildman–Crippen LogP) is 4.56. The lowest BCUT2D eigenvalue weighted by molar-refractivity contribution is -0.128. The second-order valence-electron chi connectivity index (χ2n) is 6.20. The van der Waals surface area contributed by atoms with E-state index in [1.165, 1.54) is 0 Å². The maximum Gasteiger partial charge on any atom is 0.232 e. The zero-order valence-electron chi connectivity index (χ0n) is 13.7. The molecule has 0 bridgehead atoms. The molecule has 1 amide bonds. The Morgan fingerprint density at radius 3 is 2.58 bits per heavy atom. The molecule has 0 radical (unpaired) electrons. The van der Waals surface area contributed by atoms with E-state index in [-0.39, 0.29) is 11.8 Å². The lowest BCUT2D eigenvalue weighted by atomic mass is 10.1. The average molecular weight is 388 g/mol. The van der Waals surface area contributed by atoms with Gasteiger partial charge < -0.3 is 9.42 Å². The largest absolute Gasteiger partial charge is 0.339 e. The molecule has 1 atom stereocenters. The van der Waals surface area contributed by atoms with Crippen LogP contribution in [0.5, 0.6) is 0 Å². The number of halogens is 2. The number of rotatable bonds is 4. The molecular formula is C19H15Cl2N3O2. The zero-order chi connectivity index (χ0) is 18.1. The fourth-order valence-corrected chi connectivity index (χ4v) is 3.49. The molecule has 0 saturated carbocycles. The van der Waals surface area contributed by atoms with Gasteiger partial charge in [0.2, 0.25) is 17.6 Å². The van der Waals surface area contributed by atoms with E-state index in [4.69, 9.17) is 27.7 Å². The van der Waals surface area contributed by atoms with Crippen molar-refractivity contribution in [3.8, 4) is 11.4 Å². The molecule has 0 aliphatic carbocycles. The first-order valence-corrected chi connectivity index (χ1v) is 8.97. The van der Waals surface area contributed by atoms with E-state index in [9.17, 15) is 4.79 Å². The van der Waals surface area contributed by atoms with Gasteiger partial charge in [0.1, 0.15) is 0 Å². The van der Waals surface area contributed by atoms with Crippen LogP contribution >= 0.6 is 23.2 Å². The highest BCUT2D eigenvalue weighted by molar-refractivity contribution is 6.33. The molecule has 0 N–H and O–H groups in total. The molecule has 1 saturated heterocycles. The van der Waals surface area contributed by atoms with Crippen molar-refractivity contribution in [3.05, 3.63) is 70.0 Å². The second-order valence-corrected chi connectivity index (χ2v) is 7.02. The molecule has 0 spiro atoms. The zero-order valence-corrected chi connectivity index (χ0v) is 15.2. The van der Waals surface area contributed by atoms with Crippen molar-refractivity contribution < 1.29 is 9.32 Å². The summed E-state index contributed by atoms with van der Waals surface area (Å²) in [6, 6.07) is 14.8. The van der Waals surface area contributed by atoms with Crippen LogP contribution in [0.15, 0.2) is 53.1 Å². The third kappa shape index (κ3) is 3.32. The van der Waals surface area contributed by atoms with E-state index in [2.05, 4.69) is 10.1 Å². The fraction of sp³-hybridized carbons (Fsp3) is 0.211. The Morgan fingerprint density at radius 2 is 1.81 bits per heavy atom. The molecule has 1 aliphatic heterocycles. The van der Waals surface area contributed by atoms with Gasteiger partial charge in [-0.25, -0.2) is 0 Å². The minimum absolute atomic E-state index is 0.0485. The van der Waals surface area contributed by atoms with Crippen molar-refractivity contribution in [3.63, 3.8) is 0 Å². The van der Waals surface area contributed by atoms with Crippen LogP contribution in [0.4, 0.5) is 0 Å². The van der Waals surface area contributed by atoms with Crippen LogP contribution in [-0.2, 0) is 11.3 Å². The maximum absolute atomic E-state index is 12.4. The van der Waals surface area contributed by atoms with Crippen LogP contribution in [0.25, 0.3) is 11.4 Å². The van der Waals surface area contributed by atoms with Crippen LogP contribution in [-0.4, -0.2) is 27.5 Å². The van der Waals surface area contributed by atoms with Crippen LogP contribution in [0, 0.1) is 0 Å². The fourth-order valence-electron chi connectivity index (χ4n) is 3.08.